The summed E-state index contributed by atoms with van der Waals surface area (Å²) in [5.74, 6) is 1.25. The Labute approximate surface area is 179 Å². The van der Waals surface area contributed by atoms with Crippen molar-refractivity contribution in [2.24, 2.45) is 0 Å². The molecule has 0 saturated carbocycles. The first-order chi connectivity index (χ1) is 14.5. The molecule has 2 aromatic carbocycles. The predicted molar refractivity (Wildman–Crippen MR) is 119 cm³/mol. The van der Waals surface area contributed by atoms with Gasteiger partial charge in [-0.2, -0.15) is 4.98 Å². The van der Waals surface area contributed by atoms with Crippen LogP contribution in [0, 0.1) is 13.8 Å². The Morgan fingerprint density at radius 1 is 1.10 bits per heavy atom. The van der Waals surface area contributed by atoms with E-state index in [4.69, 9.17) is 9.51 Å². The van der Waals surface area contributed by atoms with E-state index in [9.17, 15) is 4.79 Å². The maximum atomic E-state index is 13.4. The summed E-state index contributed by atoms with van der Waals surface area (Å²) in [6.45, 7) is 8.12. The summed E-state index contributed by atoms with van der Waals surface area (Å²) in [6.07, 6.45) is 1.74. The summed E-state index contributed by atoms with van der Waals surface area (Å²) >= 11 is 1.45. The van der Waals surface area contributed by atoms with Crippen molar-refractivity contribution in [2.45, 2.75) is 50.9 Å². The normalized spacial score (nSPS) is 12.4. The third-order valence-electron chi connectivity index (χ3n) is 4.80. The van der Waals surface area contributed by atoms with Gasteiger partial charge in [-0.05, 0) is 62.6 Å². The van der Waals surface area contributed by atoms with E-state index in [0.717, 1.165) is 29.7 Å². The van der Waals surface area contributed by atoms with Crippen molar-refractivity contribution in [2.75, 3.05) is 0 Å². The molecular weight excluding hydrogens is 396 g/mol. The van der Waals surface area contributed by atoms with Gasteiger partial charge in [0.25, 0.3) is 5.56 Å². The fourth-order valence-corrected chi connectivity index (χ4v) is 4.42. The number of rotatable bonds is 6. The van der Waals surface area contributed by atoms with Gasteiger partial charge in [0.2, 0.25) is 5.89 Å². The van der Waals surface area contributed by atoms with E-state index in [-0.39, 0.29) is 10.8 Å². The van der Waals surface area contributed by atoms with Crippen LogP contribution in [0.5, 0.6) is 0 Å². The minimum absolute atomic E-state index is 0.0856. The molecule has 0 N–H and O–H groups in total. The molecule has 2 aromatic heterocycles. The molecule has 0 bridgehead atoms. The smallest absolute Gasteiger partial charge is 0.266 e. The van der Waals surface area contributed by atoms with E-state index in [1.165, 1.54) is 11.8 Å². The molecule has 0 aliphatic rings. The molecular formula is C23H24N4O2S. The van der Waals surface area contributed by atoms with E-state index < -0.39 is 0 Å². The van der Waals surface area contributed by atoms with Crippen LogP contribution in [-0.2, 0) is 6.42 Å². The molecule has 0 radical (unpaired) electrons. The molecule has 0 amide bonds. The van der Waals surface area contributed by atoms with Gasteiger partial charge in [0.05, 0.1) is 21.8 Å². The molecule has 4 rings (SSSR count). The first-order valence-electron chi connectivity index (χ1n) is 10.1. The zero-order valence-electron chi connectivity index (χ0n) is 17.5. The number of hydrogen-bond acceptors (Lipinski definition) is 6. The van der Waals surface area contributed by atoms with Crippen LogP contribution < -0.4 is 5.56 Å². The minimum Gasteiger partial charge on any atom is -0.338 e. The first-order valence-corrected chi connectivity index (χ1v) is 10.9. The number of hydrogen-bond donors (Lipinski definition) is 0. The Balaban J connectivity index is 1.84. The highest BCUT2D eigenvalue weighted by Crippen LogP contribution is 2.34. The van der Waals surface area contributed by atoms with E-state index in [1.807, 2.05) is 57.2 Å². The van der Waals surface area contributed by atoms with Gasteiger partial charge in [-0.25, -0.2) is 4.98 Å². The lowest BCUT2D eigenvalue weighted by atomic mass is 10.1. The summed E-state index contributed by atoms with van der Waals surface area (Å²) in [7, 11) is 0. The van der Waals surface area contributed by atoms with Crippen LogP contribution in [0.3, 0.4) is 0 Å². The predicted octanol–water partition coefficient (Wildman–Crippen LogP) is 5.19. The summed E-state index contributed by atoms with van der Waals surface area (Å²) in [5.41, 5.74) is 3.58. The van der Waals surface area contributed by atoms with Crippen LogP contribution in [0.15, 0.2) is 56.9 Å². The summed E-state index contributed by atoms with van der Waals surface area (Å²) in [5, 5.41) is 5.10. The van der Waals surface area contributed by atoms with Gasteiger partial charge >= 0.3 is 0 Å². The van der Waals surface area contributed by atoms with E-state index in [0.29, 0.717) is 27.8 Å². The zero-order chi connectivity index (χ0) is 21.3. The topological polar surface area (TPSA) is 73.8 Å². The highest BCUT2D eigenvalue weighted by atomic mass is 32.2. The average molecular weight is 421 g/mol. The second-order valence-electron chi connectivity index (χ2n) is 7.46. The van der Waals surface area contributed by atoms with Gasteiger partial charge in [0.15, 0.2) is 11.0 Å². The Morgan fingerprint density at radius 2 is 1.83 bits per heavy atom. The average Bonchev–Trinajstić information content (AvgIpc) is 3.16. The van der Waals surface area contributed by atoms with Crippen molar-refractivity contribution in [3.8, 4) is 5.69 Å². The molecule has 2 heterocycles. The van der Waals surface area contributed by atoms with Crippen LogP contribution in [-0.4, -0.2) is 19.7 Å². The maximum absolute atomic E-state index is 13.4. The fraction of sp³-hybridized carbons (Fsp3) is 0.304. The van der Waals surface area contributed by atoms with Gasteiger partial charge in [-0.15, -0.1) is 0 Å². The molecule has 30 heavy (non-hydrogen) atoms. The van der Waals surface area contributed by atoms with Gasteiger partial charge in [-0.1, -0.05) is 42.0 Å². The quantitative estimate of drug-likeness (QED) is 0.316. The number of aryl methyl sites for hydroxylation is 3. The molecule has 6 nitrogen and oxygen atoms in total. The number of thioether (sulfide) groups is 1. The highest BCUT2D eigenvalue weighted by molar-refractivity contribution is 7.99. The van der Waals surface area contributed by atoms with Gasteiger partial charge in [0, 0.05) is 6.42 Å². The third kappa shape index (κ3) is 4.03. The van der Waals surface area contributed by atoms with Crippen LogP contribution in [0.1, 0.15) is 48.4 Å². The second-order valence-corrected chi connectivity index (χ2v) is 8.76. The molecule has 0 saturated heterocycles. The van der Waals surface area contributed by atoms with Gasteiger partial charge in [0.1, 0.15) is 0 Å². The van der Waals surface area contributed by atoms with Crippen molar-refractivity contribution in [3.63, 3.8) is 0 Å². The lowest BCUT2D eigenvalue weighted by molar-refractivity contribution is 0.374. The summed E-state index contributed by atoms with van der Waals surface area (Å²) < 4.78 is 7.14. The standard InChI is InChI=1S/C23H24N4O2S/c1-5-8-20-25-21(29-26-20)16(4)30-23-24-19-10-7-6-9-18(19)22(28)27(23)17-12-14(2)11-15(3)13-17/h6-7,9-13,16H,5,8H2,1-4H3. The first kappa shape index (κ1) is 20.3. The summed E-state index contributed by atoms with van der Waals surface area (Å²) in [6, 6.07) is 13.5. The van der Waals surface area contributed by atoms with Crippen molar-refractivity contribution in [1.82, 2.24) is 19.7 Å². The SMILES string of the molecule is CCCc1noc(C(C)Sc2nc3ccccc3c(=O)n2-c2cc(C)cc(C)c2)n1. The van der Waals surface area contributed by atoms with Crippen LogP contribution >= 0.6 is 11.8 Å². The number of aromatic nitrogens is 4. The molecule has 0 aliphatic carbocycles. The molecule has 0 spiro atoms. The van der Waals surface area contributed by atoms with E-state index in [1.54, 1.807) is 4.57 Å². The van der Waals surface area contributed by atoms with Crippen LogP contribution in [0.2, 0.25) is 0 Å². The van der Waals surface area contributed by atoms with Gasteiger partial charge < -0.3 is 4.52 Å². The van der Waals surface area contributed by atoms with Crippen molar-refractivity contribution >= 4 is 22.7 Å². The number of para-hydroxylation sites is 1. The molecule has 7 heteroatoms. The fourth-order valence-electron chi connectivity index (χ4n) is 3.47. The van der Waals surface area contributed by atoms with Crippen molar-refractivity contribution in [3.05, 3.63) is 75.7 Å². The number of nitrogens with zero attached hydrogens (tertiary/aromatic N) is 4. The third-order valence-corrected chi connectivity index (χ3v) is 5.84. The Kier molecular flexibility index (Phi) is 5.72. The monoisotopic (exact) mass is 420 g/mol. The molecule has 0 fully saturated rings. The zero-order valence-corrected chi connectivity index (χ0v) is 18.4. The highest BCUT2D eigenvalue weighted by Gasteiger charge is 2.21. The van der Waals surface area contributed by atoms with Gasteiger partial charge in [-0.3, -0.25) is 9.36 Å². The Morgan fingerprint density at radius 3 is 2.57 bits per heavy atom. The summed E-state index contributed by atoms with van der Waals surface area (Å²) in [4.78, 5) is 22.8. The molecule has 0 aliphatic heterocycles. The minimum atomic E-state index is -0.145. The lowest BCUT2D eigenvalue weighted by Gasteiger charge is -2.16. The molecule has 1 atom stereocenters. The molecule has 154 valence electrons. The van der Waals surface area contributed by atoms with E-state index in [2.05, 4.69) is 23.1 Å². The largest absolute Gasteiger partial charge is 0.338 e. The molecule has 1 unspecified atom stereocenters. The number of fused-ring (bicyclic) bond motifs is 1. The molecule has 4 aromatic rings. The number of benzene rings is 2. The van der Waals surface area contributed by atoms with Crippen molar-refractivity contribution in [1.29, 1.82) is 0 Å². The maximum Gasteiger partial charge on any atom is 0.266 e. The van der Waals surface area contributed by atoms with Crippen LogP contribution in [0.4, 0.5) is 0 Å². The lowest BCUT2D eigenvalue weighted by Crippen LogP contribution is -2.22. The van der Waals surface area contributed by atoms with E-state index >= 15 is 0 Å². The Hall–Kier alpha value is -2.93. The Bertz CT molecular complexity index is 1240. The van der Waals surface area contributed by atoms with Crippen LogP contribution in [0.25, 0.3) is 16.6 Å². The second kappa shape index (κ2) is 8.44. The van der Waals surface area contributed by atoms with Crippen molar-refractivity contribution < 1.29 is 4.52 Å².